The van der Waals surface area contributed by atoms with Gasteiger partial charge in [0.2, 0.25) is 0 Å². The fourth-order valence-corrected chi connectivity index (χ4v) is 1.74. The van der Waals surface area contributed by atoms with Crippen molar-refractivity contribution in [1.82, 2.24) is 10.1 Å². The fraction of sp³-hybridized carbons (Fsp3) is 0.385. The highest BCUT2D eigenvalue weighted by atomic mass is 16.5. The Morgan fingerprint density at radius 2 is 2.06 bits per heavy atom. The lowest BCUT2D eigenvalue weighted by Crippen LogP contribution is -2.26. The number of aryl methyl sites for hydroxylation is 1. The van der Waals surface area contributed by atoms with Crippen LogP contribution in [0.25, 0.3) is 0 Å². The van der Waals surface area contributed by atoms with Crippen molar-refractivity contribution >= 4 is 6.01 Å². The number of nitrogens with zero attached hydrogens (tertiary/aromatic N) is 3. The van der Waals surface area contributed by atoms with E-state index in [4.69, 9.17) is 10.3 Å². The Labute approximate surface area is 107 Å². The summed E-state index contributed by atoms with van der Waals surface area (Å²) >= 11 is 0. The van der Waals surface area contributed by atoms with Gasteiger partial charge in [0.25, 0.3) is 0 Å². The first-order chi connectivity index (χ1) is 8.79. The van der Waals surface area contributed by atoms with Crippen LogP contribution in [-0.4, -0.2) is 23.2 Å². The Kier molecular flexibility index (Phi) is 4.30. The predicted molar refractivity (Wildman–Crippen MR) is 70.2 cm³/mol. The number of hydrogen-bond acceptors (Lipinski definition) is 5. The Bertz CT molecular complexity index is 469. The number of anilines is 1. The molecule has 1 heterocycles. The molecule has 0 saturated carbocycles. The summed E-state index contributed by atoms with van der Waals surface area (Å²) in [7, 11) is 0. The van der Waals surface area contributed by atoms with Gasteiger partial charge in [0.1, 0.15) is 0 Å². The molecule has 0 amide bonds. The second kappa shape index (κ2) is 6.16. The van der Waals surface area contributed by atoms with Crippen molar-refractivity contribution in [1.29, 1.82) is 0 Å². The third kappa shape index (κ3) is 3.30. The Hall–Kier alpha value is -1.88. The monoisotopic (exact) mass is 246 g/mol. The van der Waals surface area contributed by atoms with E-state index in [-0.39, 0.29) is 0 Å². The summed E-state index contributed by atoms with van der Waals surface area (Å²) in [6, 6.07) is 10.8. The molecule has 2 N–H and O–H groups in total. The van der Waals surface area contributed by atoms with Gasteiger partial charge in [-0.15, -0.1) is 0 Å². The second-order valence-corrected chi connectivity index (χ2v) is 4.17. The summed E-state index contributed by atoms with van der Waals surface area (Å²) in [5, 5.41) is 3.83. The van der Waals surface area contributed by atoms with Gasteiger partial charge in [0.05, 0.1) is 0 Å². The van der Waals surface area contributed by atoms with Crippen LogP contribution in [0.1, 0.15) is 17.8 Å². The van der Waals surface area contributed by atoms with Gasteiger partial charge < -0.3 is 15.2 Å². The van der Waals surface area contributed by atoms with Crippen molar-refractivity contribution in [2.24, 2.45) is 5.73 Å². The van der Waals surface area contributed by atoms with Gasteiger partial charge in [-0.25, -0.2) is 0 Å². The first-order valence-corrected chi connectivity index (χ1v) is 6.09. The summed E-state index contributed by atoms with van der Waals surface area (Å²) in [5.41, 5.74) is 6.77. The minimum atomic E-state index is 0.560. The summed E-state index contributed by atoms with van der Waals surface area (Å²) in [5.74, 6) is 0.649. The van der Waals surface area contributed by atoms with Crippen LogP contribution >= 0.6 is 0 Å². The maximum atomic E-state index is 5.56. The molecule has 1 aromatic carbocycles. The molecular formula is C13H18N4O. The molecule has 0 saturated heterocycles. The zero-order chi connectivity index (χ0) is 12.8. The van der Waals surface area contributed by atoms with E-state index in [1.54, 1.807) is 0 Å². The number of hydrogen-bond donors (Lipinski definition) is 1. The fourth-order valence-electron chi connectivity index (χ4n) is 1.74. The minimum Gasteiger partial charge on any atom is -0.330 e. The Morgan fingerprint density at radius 1 is 1.28 bits per heavy atom. The molecule has 0 bridgehead atoms. The number of rotatable bonds is 6. The highest BCUT2D eigenvalue weighted by molar-refractivity contribution is 5.28. The predicted octanol–water partition coefficient (Wildman–Crippen LogP) is 1.73. The van der Waals surface area contributed by atoms with Crippen molar-refractivity contribution in [3.8, 4) is 0 Å². The molecule has 2 aromatic rings. The van der Waals surface area contributed by atoms with E-state index in [1.807, 2.05) is 25.1 Å². The molecule has 1 aromatic heterocycles. The molecule has 0 fully saturated rings. The van der Waals surface area contributed by atoms with E-state index in [0.29, 0.717) is 18.4 Å². The van der Waals surface area contributed by atoms with E-state index in [0.717, 1.165) is 19.5 Å². The lowest BCUT2D eigenvalue weighted by Gasteiger charge is -2.19. The molecule has 5 nitrogen and oxygen atoms in total. The van der Waals surface area contributed by atoms with E-state index < -0.39 is 0 Å². The maximum Gasteiger partial charge on any atom is 0.324 e. The summed E-state index contributed by atoms with van der Waals surface area (Å²) in [6.45, 7) is 4.03. The van der Waals surface area contributed by atoms with Crippen molar-refractivity contribution in [2.45, 2.75) is 19.9 Å². The number of aromatic nitrogens is 2. The number of benzene rings is 1. The second-order valence-electron chi connectivity index (χ2n) is 4.17. The molecule has 5 heteroatoms. The Balaban J connectivity index is 2.10. The van der Waals surface area contributed by atoms with E-state index in [9.17, 15) is 0 Å². The smallest absolute Gasteiger partial charge is 0.324 e. The van der Waals surface area contributed by atoms with Gasteiger partial charge in [-0.05, 0) is 25.5 Å². The van der Waals surface area contributed by atoms with E-state index in [1.165, 1.54) is 5.56 Å². The van der Waals surface area contributed by atoms with Crippen LogP contribution in [0.3, 0.4) is 0 Å². The molecule has 0 spiro atoms. The van der Waals surface area contributed by atoms with Crippen molar-refractivity contribution in [3.05, 3.63) is 41.7 Å². The van der Waals surface area contributed by atoms with Crippen LogP contribution in [0.5, 0.6) is 0 Å². The summed E-state index contributed by atoms with van der Waals surface area (Å²) < 4.78 is 5.22. The van der Waals surface area contributed by atoms with Crippen LogP contribution in [-0.2, 0) is 6.54 Å². The molecule has 0 aliphatic rings. The molecule has 96 valence electrons. The van der Waals surface area contributed by atoms with Crippen molar-refractivity contribution in [3.63, 3.8) is 0 Å². The first-order valence-electron chi connectivity index (χ1n) is 6.09. The highest BCUT2D eigenvalue weighted by Crippen LogP contribution is 2.15. The molecule has 18 heavy (non-hydrogen) atoms. The van der Waals surface area contributed by atoms with Crippen LogP contribution < -0.4 is 10.6 Å². The quantitative estimate of drug-likeness (QED) is 0.840. The van der Waals surface area contributed by atoms with Gasteiger partial charge in [0.15, 0.2) is 5.82 Å². The molecule has 0 unspecified atom stereocenters. The van der Waals surface area contributed by atoms with Crippen molar-refractivity contribution < 1.29 is 4.52 Å². The van der Waals surface area contributed by atoms with Gasteiger partial charge in [-0.1, -0.05) is 35.5 Å². The van der Waals surface area contributed by atoms with Gasteiger partial charge in [-0.2, -0.15) is 4.98 Å². The standard InChI is InChI=1S/C13H18N4O/c1-11-15-13(18-16-11)17(9-5-8-14)10-12-6-3-2-4-7-12/h2-4,6-7H,5,8-10,14H2,1H3. The third-order valence-corrected chi connectivity index (χ3v) is 2.64. The lowest BCUT2D eigenvalue weighted by molar-refractivity contribution is 0.407. The number of nitrogens with two attached hydrogens (primary N) is 1. The third-order valence-electron chi connectivity index (χ3n) is 2.64. The van der Waals surface area contributed by atoms with Gasteiger partial charge in [-0.3, -0.25) is 0 Å². The molecule has 0 radical (unpaired) electrons. The molecule has 2 rings (SSSR count). The zero-order valence-electron chi connectivity index (χ0n) is 10.5. The highest BCUT2D eigenvalue weighted by Gasteiger charge is 2.13. The summed E-state index contributed by atoms with van der Waals surface area (Å²) in [4.78, 5) is 6.33. The maximum absolute atomic E-state index is 5.56. The summed E-state index contributed by atoms with van der Waals surface area (Å²) in [6.07, 6.45) is 0.897. The van der Waals surface area contributed by atoms with Crippen LogP contribution in [0.2, 0.25) is 0 Å². The van der Waals surface area contributed by atoms with Crippen molar-refractivity contribution in [2.75, 3.05) is 18.0 Å². The van der Waals surface area contributed by atoms with Crippen LogP contribution in [0.15, 0.2) is 34.9 Å². The van der Waals surface area contributed by atoms with Gasteiger partial charge >= 0.3 is 6.01 Å². The van der Waals surface area contributed by atoms with Gasteiger partial charge in [0, 0.05) is 13.1 Å². The topological polar surface area (TPSA) is 68.2 Å². The zero-order valence-corrected chi connectivity index (χ0v) is 10.5. The van der Waals surface area contributed by atoms with E-state index >= 15 is 0 Å². The van der Waals surface area contributed by atoms with Crippen LogP contribution in [0, 0.1) is 6.92 Å². The van der Waals surface area contributed by atoms with E-state index in [2.05, 4.69) is 27.2 Å². The molecule has 0 atom stereocenters. The molecular weight excluding hydrogens is 228 g/mol. The average molecular weight is 246 g/mol. The minimum absolute atomic E-state index is 0.560. The Morgan fingerprint density at radius 3 is 2.67 bits per heavy atom. The van der Waals surface area contributed by atoms with Crippen LogP contribution in [0.4, 0.5) is 6.01 Å². The molecule has 0 aliphatic heterocycles. The molecule has 0 aliphatic carbocycles. The normalized spacial score (nSPS) is 10.6. The SMILES string of the molecule is Cc1noc(N(CCCN)Cc2ccccc2)n1. The first kappa shape index (κ1) is 12.6. The lowest BCUT2D eigenvalue weighted by atomic mass is 10.2. The largest absolute Gasteiger partial charge is 0.330 e. The average Bonchev–Trinajstić information content (AvgIpc) is 2.82.